The fraction of sp³-hybridized carbons (Fsp3) is 0.348. The number of fused-ring (bicyclic) bond motifs is 1. The van der Waals surface area contributed by atoms with Crippen molar-refractivity contribution in [2.24, 2.45) is 5.92 Å². The summed E-state index contributed by atoms with van der Waals surface area (Å²) >= 11 is 0. The van der Waals surface area contributed by atoms with Crippen LogP contribution < -0.4 is 4.74 Å². The van der Waals surface area contributed by atoms with E-state index in [0.717, 1.165) is 35.2 Å². The predicted molar refractivity (Wildman–Crippen MR) is 133 cm³/mol. The number of halogens is 3. The molecule has 1 saturated heterocycles. The zero-order valence-electron chi connectivity index (χ0n) is 18.3. The van der Waals surface area contributed by atoms with Crippen molar-refractivity contribution in [3.8, 4) is 11.6 Å². The van der Waals surface area contributed by atoms with Crippen LogP contribution in [0.25, 0.3) is 15.7 Å². The van der Waals surface area contributed by atoms with E-state index in [2.05, 4.69) is 14.8 Å². The van der Waals surface area contributed by atoms with Crippen LogP contribution in [0, 0.1) is 12.5 Å². The summed E-state index contributed by atoms with van der Waals surface area (Å²) < 4.78 is 43.8. The van der Waals surface area contributed by atoms with Crippen LogP contribution in [-0.4, -0.2) is 33.5 Å². The number of rotatable bonds is 5. The lowest BCUT2D eigenvalue weighted by Crippen LogP contribution is -2.38. The maximum Gasteiger partial charge on any atom is 0.417 e. The van der Waals surface area contributed by atoms with Crippen LogP contribution in [-0.2, 0) is 17.4 Å². The van der Waals surface area contributed by atoms with Gasteiger partial charge in [0.05, 0.1) is 5.56 Å². The Balaban J connectivity index is 0.00000204. The molecule has 0 saturated carbocycles. The van der Waals surface area contributed by atoms with E-state index >= 15 is 0 Å². The van der Waals surface area contributed by atoms with Crippen molar-refractivity contribution in [1.29, 1.82) is 0 Å². The van der Waals surface area contributed by atoms with Gasteiger partial charge in [-0.3, -0.25) is 14.5 Å². The van der Waals surface area contributed by atoms with Crippen molar-refractivity contribution >= 4 is 43.8 Å². The second kappa shape index (κ2) is 11.1. The highest BCUT2D eigenvalue weighted by atomic mass is 32.1. The summed E-state index contributed by atoms with van der Waals surface area (Å²) in [6, 6.07) is 7.37. The van der Waals surface area contributed by atoms with Crippen LogP contribution >= 0.6 is 27.0 Å². The highest BCUT2D eigenvalue weighted by molar-refractivity contribution is 7.59. The van der Waals surface area contributed by atoms with Crippen molar-refractivity contribution in [2.45, 2.75) is 38.5 Å². The smallest absolute Gasteiger partial charge is 0.417 e. The third-order valence-corrected chi connectivity index (χ3v) is 5.63. The second-order valence-corrected chi connectivity index (χ2v) is 7.89. The van der Waals surface area contributed by atoms with Gasteiger partial charge < -0.3 is 9.72 Å². The fourth-order valence-corrected chi connectivity index (χ4v) is 3.96. The van der Waals surface area contributed by atoms with E-state index in [-0.39, 0.29) is 50.9 Å². The quantitative estimate of drug-likeness (QED) is 0.452. The normalized spacial score (nSPS) is 16.3. The number of benzene rings is 1. The van der Waals surface area contributed by atoms with E-state index in [9.17, 15) is 18.0 Å². The second-order valence-electron chi connectivity index (χ2n) is 7.89. The number of hydrogen-bond donors (Lipinski definition) is 1. The van der Waals surface area contributed by atoms with Gasteiger partial charge in [0.15, 0.2) is 0 Å². The number of aromatic amines is 1. The Morgan fingerprint density at radius 1 is 1.32 bits per heavy atom. The largest absolute Gasteiger partial charge is 0.439 e. The number of nitrogens with zero attached hydrogens (tertiary/aromatic N) is 3. The highest BCUT2D eigenvalue weighted by Crippen LogP contribution is 2.32. The Labute approximate surface area is 209 Å². The van der Waals surface area contributed by atoms with Crippen LogP contribution in [0.2, 0.25) is 0 Å². The number of likely N-dealkylation sites (tertiary alicyclic amines) is 1. The zero-order chi connectivity index (χ0) is 22.9. The van der Waals surface area contributed by atoms with Gasteiger partial charge in [-0.25, -0.2) is 11.6 Å². The lowest BCUT2D eigenvalue weighted by atomic mass is 9.99. The molecule has 2 atom stereocenters. The minimum atomic E-state index is -4.46. The Hall–Kier alpha value is -2.84. The van der Waals surface area contributed by atoms with E-state index in [1.807, 2.05) is 13.1 Å². The first-order valence-electron chi connectivity index (χ1n) is 10.2. The molecule has 1 N–H and O–H groups in total. The van der Waals surface area contributed by atoms with Gasteiger partial charge in [0.2, 0.25) is 11.8 Å². The molecule has 0 aliphatic carbocycles. The van der Waals surface area contributed by atoms with Gasteiger partial charge in [0.1, 0.15) is 5.75 Å². The summed E-state index contributed by atoms with van der Waals surface area (Å²) in [4.78, 5) is 25.0. The summed E-state index contributed by atoms with van der Waals surface area (Å²) in [6.07, 6.45) is -0.206. The van der Waals surface area contributed by atoms with Gasteiger partial charge in [0, 0.05) is 48.2 Å². The number of amides is 1. The zero-order valence-corrected chi connectivity index (χ0v) is 20.3. The van der Waals surface area contributed by atoms with E-state index in [1.54, 1.807) is 23.1 Å². The fourth-order valence-electron chi connectivity index (χ4n) is 3.96. The monoisotopic (exact) mass is 510 g/mol. The van der Waals surface area contributed by atoms with Crippen molar-refractivity contribution in [3.63, 3.8) is 0 Å². The molecule has 1 aromatic carbocycles. The number of nitrogens with one attached hydrogen (secondary N) is 1. The van der Waals surface area contributed by atoms with Crippen molar-refractivity contribution in [3.05, 3.63) is 65.3 Å². The molecule has 0 spiro atoms. The minimum absolute atomic E-state index is 0. The molecule has 3 heterocycles. The number of hydrogen-bond acceptors (Lipinski definition) is 3. The topological polar surface area (TPSA) is 62.6 Å². The molecule has 0 bridgehead atoms. The molecular weight excluding hydrogens is 485 g/mol. The van der Waals surface area contributed by atoms with E-state index in [4.69, 9.17) is 11.3 Å². The maximum absolute atomic E-state index is 12.8. The molecule has 1 fully saturated rings. The third kappa shape index (κ3) is 5.80. The molecule has 0 radical (unpaired) electrons. The van der Waals surface area contributed by atoms with E-state index in [1.165, 1.54) is 6.07 Å². The number of carbonyl (C=O) groups is 1. The maximum atomic E-state index is 12.8. The molecule has 182 valence electrons. The van der Waals surface area contributed by atoms with E-state index in [0.29, 0.717) is 25.1 Å². The number of ether oxygens (including phenoxy) is 1. The molecule has 1 aliphatic rings. The van der Waals surface area contributed by atoms with Crippen molar-refractivity contribution in [2.75, 3.05) is 6.54 Å². The number of pyridine rings is 1. The van der Waals surface area contributed by atoms with Gasteiger partial charge in [-0.05, 0) is 42.7 Å². The first-order chi connectivity index (χ1) is 15.3. The average molecular weight is 511 g/mol. The van der Waals surface area contributed by atoms with Crippen LogP contribution in [0.15, 0.2) is 42.7 Å². The molecule has 11 heteroatoms. The lowest BCUT2D eigenvalue weighted by molar-refractivity contribution is -0.138. The summed E-state index contributed by atoms with van der Waals surface area (Å²) in [6.45, 7) is 9.75. The van der Waals surface area contributed by atoms with Crippen LogP contribution in [0.1, 0.15) is 30.9 Å². The van der Waals surface area contributed by atoms with Gasteiger partial charge in [-0.15, -0.1) is 0 Å². The minimum Gasteiger partial charge on any atom is -0.439 e. The number of aromatic nitrogens is 2. The number of H-pyrrole nitrogens is 1. The summed E-state index contributed by atoms with van der Waals surface area (Å²) in [5, 5.41) is 0.859. The molecule has 1 amide bonds. The molecule has 6 nitrogen and oxygen atoms in total. The lowest BCUT2D eigenvalue weighted by Gasteiger charge is -2.20. The highest BCUT2D eigenvalue weighted by Gasteiger charge is 2.35. The Bertz CT molecular complexity index is 1180. The van der Waals surface area contributed by atoms with E-state index < -0.39 is 11.7 Å². The molecule has 4 rings (SSSR count). The molecule has 1 aliphatic heterocycles. The average Bonchev–Trinajstić information content (AvgIpc) is 3.40. The van der Waals surface area contributed by atoms with Crippen molar-refractivity contribution < 1.29 is 22.7 Å². The van der Waals surface area contributed by atoms with Crippen LogP contribution in [0.3, 0.4) is 0 Å². The Morgan fingerprint density at radius 2 is 2.09 bits per heavy atom. The first kappa shape index (κ1) is 27.4. The summed E-state index contributed by atoms with van der Waals surface area (Å²) in [5.74, 6) is 0.158. The van der Waals surface area contributed by atoms with Gasteiger partial charge in [0.25, 0.3) is 0 Å². The number of alkyl halides is 3. The van der Waals surface area contributed by atoms with Crippen molar-refractivity contribution in [1.82, 2.24) is 14.9 Å². The Morgan fingerprint density at radius 3 is 2.74 bits per heavy atom. The van der Waals surface area contributed by atoms with Gasteiger partial charge >= 0.3 is 12.3 Å². The summed E-state index contributed by atoms with van der Waals surface area (Å²) in [7, 11) is 0. The molecule has 34 heavy (non-hydrogen) atoms. The SMILES string of the molecule is S.S.[C-]#[N+][C@@H]1CCCN1C(=O)[C@@H](C)Cc1c[nH]c2ccc(Oc3ccc(C(F)(F)F)cn3)cc12. The van der Waals surface area contributed by atoms with Crippen LogP contribution in [0.4, 0.5) is 13.2 Å². The summed E-state index contributed by atoms with van der Waals surface area (Å²) in [5.41, 5.74) is 0.933. The standard InChI is InChI=1S/C23H21F3N4O2.2H2S/c1-14(22(31)30-9-3-4-20(30)27-2)10-15-12-28-19-7-6-17(11-18(15)19)32-21-8-5-16(13-29-21)23(24,25)26;;/h5-8,11-14,20,28H,3-4,9-10H2,1H3;2*1H2/t14-,20-;;/m0../s1. The Kier molecular flexibility index (Phi) is 8.91. The third-order valence-electron chi connectivity index (χ3n) is 5.63. The first-order valence-corrected chi connectivity index (χ1v) is 10.2. The molecular formula is C23H25F3N4O2S2. The van der Waals surface area contributed by atoms with Crippen LogP contribution in [0.5, 0.6) is 11.6 Å². The van der Waals surface area contributed by atoms with Gasteiger partial charge in [-0.1, -0.05) is 6.92 Å². The molecule has 2 aromatic heterocycles. The van der Waals surface area contributed by atoms with Gasteiger partial charge in [-0.2, -0.15) is 40.2 Å². The predicted octanol–water partition coefficient (Wildman–Crippen LogP) is 5.65. The molecule has 0 unspecified atom stereocenters. The molecule has 3 aromatic rings. The number of carbonyl (C=O) groups excluding carboxylic acids is 1.